The second-order valence-corrected chi connectivity index (χ2v) is 7.92. The maximum atomic E-state index is 12.5. The first-order valence-electron chi connectivity index (χ1n) is 9.98. The molecule has 3 aromatic rings. The highest BCUT2D eigenvalue weighted by Crippen LogP contribution is 2.22. The molecule has 1 heterocycles. The Morgan fingerprint density at radius 1 is 1.03 bits per heavy atom. The van der Waals surface area contributed by atoms with E-state index in [4.69, 9.17) is 5.11 Å². The summed E-state index contributed by atoms with van der Waals surface area (Å²) in [5.41, 5.74) is 2.32. The molecule has 0 radical (unpaired) electrons. The number of hydrogen-bond donors (Lipinski definition) is 2. The topological polar surface area (TPSA) is 109 Å². The van der Waals surface area contributed by atoms with Crippen molar-refractivity contribution >= 4 is 39.4 Å². The van der Waals surface area contributed by atoms with Gasteiger partial charge in [0.05, 0.1) is 10.2 Å². The molecule has 0 saturated heterocycles. The Hall–Kier alpha value is -3.26. The lowest BCUT2D eigenvalue weighted by Crippen LogP contribution is -2.27. The van der Waals surface area contributed by atoms with E-state index in [1.54, 1.807) is 16.7 Å². The van der Waals surface area contributed by atoms with Crippen molar-refractivity contribution in [2.24, 2.45) is 4.99 Å². The number of rotatable bonds is 6. The van der Waals surface area contributed by atoms with Crippen LogP contribution < -0.4 is 4.80 Å². The van der Waals surface area contributed by atoms with Crippen LogP contribution in [0.5, 0.6) is 0 Å². The van der Waals surface area contributed by atoms with Gasteiger partial charge in [0, 0.05) is 12.0 Å². The Balaban J connectivity index is 0.000000501. The molecule has 1 unspecified atom stereocenters. The number of aliphatic carboxylic acids is 2. The summed E-state index contributed by atoms with van der Waals surface area (Å²) >= 11 is 1.32. The maximum Gasteiger partial charge on any atom is 0.326 e. The van der Waals surface area contributed by atoms with Crippen molar-refractivity contribution in [1.82, 2.24) is 4.57 Å². The average molecular weight is 443 g/mol. The lowest BCUT2D eigenvalue weighted by Gasteiger charge is -2.13. The van der Waals surface area contributed by atoms with Crippen LogP contribution in [0.4, 0.5) is 0 Å². The minimum Gasteiger partial charge on any atom is -0.481 e. The molecule has 8 heteroatoms. The number of nitrogens with zero attached hydrogens (tertiary/aromatic N) is 2. The fourth-order valence-electron chi connectivity index (χ4n) is 2.90. The highest BCUT2D eigenvalue weighted by Gasteiger charge is 2.21. The van der Waals surface area contributed by atoms with Gasteiger partial charge in [0.15, 0.2) is 4.80 Å². The average Bonchev–Trinajstić information content (AvgIpc) is 3.07. The molecule has 2 N–H and O–H groups in total. The van der Waals surface area contributed by atoms with Gasteiger partial charge in [0.25, 0.3) is 5.91 Å². The van der Waals surface area contributed by atoms with Gasteiger partial charge in [-0.1, -0.05) is 55.0 Å². The highest BCUT2D eigenvalue weighted by molar-refractivity contribution is 7.16. The van der Waals surface area contributed by atoms with Gasteiger partial charge in [-0.3, -0.25) is 9.59 Å². The number of carboxylic acids is 2. The number of amides is 1. The quantitative estimate of drug-likeness (QED) is 0.577. The SMILES string of the molecule is CCC(C(=O)O)n1c(=NC(=O)c2ccc(C)cc2)sc2ccccc21.CCCC(=O)O. The molecular formula is C23H26N2O5S. The molecule has 1 amide bonds. The molecule has 164 valence electrons. The van der Waals surface area contributed by atoms with Crippen molar-refractivity contribution in [3.8, 4) is 0 Å². The fourth-order valence-corrected chi connectivity index (χ4v) is 3.97. The standard InChI is InChI=1S/C19H18N2O3S.C4H8O2/c1-3-14(18(23)24)21-15-6-4-5-7-16(15)25-19(21)20-17(22)13-10-8-12(2)9-11-13;1-2-3-4(5)6/h4-11,14H,3H2,1-2H3,(H,23,24);2-3H2,1H3,(H,5,6). The van der Waals surface area contributed by atoms with Crippen LogP contribution in [0.1, 0.15) is 55.1 Å². The second kappa shape index (κ2) is 11.2. The molecule has 31 heavy (non-hydrogen) atoms. The highest BCUT2D eigenvalue weighted by atomic mass is 32.1. The summed E-state index contributed by atoms with van der Waals surface area (Å²) in [6.07, 6.45) is 1.43. The smallest absolute Gasteiger partial charge is 0.326 e. The first-order chi connectivity index (χ1) is 14.8. The Bertz CT molecular complexity index is 1130. The molecular weight excluding hydrogens is 416 g/mol. The third kappa shape index (κ3) is 6.36. The summed E-state index contributed by atoms with van der Waals surface area (Å²) in [4.78, 5) is 38.4. The summed E-state index contributed by atoms with van der Waals surface area (Å²) in [6.45, 7) is 5.60. The maximum absolute atomic E-state index is 12.5. The normalized spacial score (nSPS) is 12.2. The van der Waals surface area contributed by atoms with Crippen LogP contribution in [-0.4, -0.2) is 32.6 Å². The van der Waals surface area contributed by atoms with E-state index in [0.29, 0.717) is 23.2 Å². The van der Waals surface area contributed by atoms with Crippen molar-refractivity contribution < 1.29 is 24.6 Å². The number of aryl methyl sites for hydroxylation is 1. The van der Waals surface area contributed by atoms with Crippen LogP contribution in [0.15, 0.2) is 53.5 Å². The Morgan fingerprint density at radius 2 is 1.68 bits per heavy atom. The van der Waals surface area contributed by atoms with Gasteiger partial charge in [-0.15, -0.1) is 0 Å². The monoisotopic (exact) mass is 442 g/mol. The fraction of sp³-hybridized carbons (Fsp3) is 0.304. The molecule has 3 rings (SSSR count). The number of thiazole rings is 1. The molecule has 1 atom stereocenters. The molecule has 0 aliphatic heterocycles. The van der Waals surface area contributed by atoms with Gasteiger partial charge in [-0.2, -0.15) is 4.99 Å². The summed E-state index contributed by atoms with van der Waals surface area (Å²) in [5, 5.41) is 17.5. The molecule has 1 aromatic heterocycles. The van der Waals surface area contributed by atoms with Crippen molar-refractivity contribution in [1.29, 1.82) is 0 Å². The molecule has 2 aromatic carbocycles. The number of fused-ring (bicyclic) bond motifs is 1. The van der Waals surface area contributed by atoms with Crippen molar-refractivity contribution in [3.05, 3.63) is 64.5 Å². The van der Waals surface area contributed by atoms with Crippen molar-refractivity contribution in [2.75, 3.05) is 0 Å². The van der Waals surface area contributed by atoms with E-state index in [0.717, 1.165) is 22.2 Å². The van der Waals surface area contributed by atoms with Gasteiger partial charge in [0.2, 0.25) is 0 Å². The summed E-state index contributed by atoms with van der Waals surface area (Å²) < 4.78 is 2.55. The minimum atomic E-state index is -0.935. The van der Waals surface area contributed by atoms with Crippen LogP contribution in [0.2, 0.25) is 0 Å². The van der Waals surface area contributed by atoms with Crippen LogP contribution >= 0.6 is 11.3 Å². The van der Waals surface area contributed by atoms with E-state index in [1.165, 1.54) is 11.3 Å². The zero-order valence-electron chi connectivity index (χ0n) is 17.7. The first kappa shape index (κ1) is 24.0. The first-order valence-corrected chi connectivity index (χ1v) is 10.8. The number of carbonyl (C=O) groups is 3. The third-order valence-corrected chi connectivity index (χ3v) is 5.51. The number of benzene rings is 2. The number of para-hydroxylation sites is 1. The summed E-state index contributed by atoms with van der Waals surface area (Å²) in [5.74, 6) is -2.02. The zero-order valence-corrected chi connectivity index (χ0v) is 18.6. The molecule has 0 aliphatic carbocycles. The zero-order chi connectivity index (χ0) is 23.0. The summed E-state index contributed by atoms with van der Waals surface area (Å²) in [7, 11) is 0. The number of aromatic nitrogens is 1. The van der Waals surface area contributed by atoms with Gasteiger partial charge in [-0.25, -0.2) is 4.79 Å². The number of carboxylic acid groups (broad SMARTS) is 2. The van der Waals surface area contributed by atoms with Crippen molar-refractivity contribution in [3.63, 3.8) is 0 Å². The molecule has 0 bridgehead atoms. The van der Waals surface area contributed by atoms with E-state index < -0.39 is 18.0 Å². The van der Waals surface area contributed by atoms with E-state index in [2.05, 4.69) is 4.99 Å². The van der Waals surface area contributed by atoms with Crippen LogP contribution in [0.3, 0.4) is 0 Å². The Labute approximate surface area is 184 Å². The number of carbonyl (C=O) groups excluding carboxylic acids is 1. The molecule has 0 fully saturated rings. The van der Waals surface area contributed by atoms with E-state index in [9.17, 15) is 19.5 Å². The lowest BCUT2D eigenvalue weighted by molar-refractivity contribution is -0.141. The van der Waals surface area contributed by atoms with E-state index in [-0.39, 0.29) is 5.91 Å². The van der Waals surface area contributed by atoms with Gasteiger partial charge >= 0.3 is 11.9 Å². The van der Waals surface area contributed by atoms with Gasteiger partial charge in [-0.05, 0) is 44.0 Å². The van der Waals surface area contributed by atoms with E-state index >= 15 is 0 Å². The van der Waals surface area contributed by atoms with Gasteiger partial charge < -0.3 is 14.8 Å². The van der Waals surface area contributed by atoms with Crippen LogP contribution in [0.25, 0.3) is 10.2 Å². The Kier molecular flexibility index (Phi) is 8.69. The van der Waals surface area contributed by atoms with Gasteiger partial charge in [0.1, 0.15) is 6.04 Å². The predicted molar refractivity (Wildman–Crippen MR) is 120 cm³/mol. The van der Waals surface area contributed by atoms with Crippen LogP contribution in [0, 0.1) is 6.92 Å². The molecule has 0 aliphatic rings. The van der Waals surface area contributed by atoms with Crippen LogP contribution in [-0.2, 0) is 9.59 Å². The molecule has 7 nitrogen and oxygen atoms in total. The number of hydrogen-bond acceptors (Lipinski definition) is 4. The molecule has 0 spiro atoms. The summed E-state index contributed by atoms with van der Waals surface area (Å²) in [6, 6.07) is 13.9. The second-order valence-electron chi connectivity index (χ2n) is 6.91. The minimum absolute atomic E-state index is 0.292. The largest absolute Gasteiger partial charge is 0.481 e. The Morgan fingerprint density at radius 3 is 2.19 bits per heavy atom. The predicted octanol–water partition coefficient (Wildman–Crippen LogP) is 4.66. The van der Waals surface area contributed by atoms with Crippen molar-refractivity contribution in [2.45, 2.75) is 46.1 Å². The lowest BCUT2D eigenvalue weighted by atomic mass is 10.1. The van der Waals surface area contributed by atoms with E-state index in [1.807, 2.05) is 57.2 Å². The molecule has 0 saturated carbocycles. The third-order valence-electron chi connectivity index (χ3n) is 4.48.